The van der Waals surface area contributed by atoms with Crippen molar-refractivity contribution in [3.8, 4) is 17.2 Å². The maximum absolute atomic E-state index is 13.2. The van der Waals surface area contributed by atoms with Crippen molar-refractivity contribution >= 4 is 5.78 Å². The van der Waals surface area contributed by atoms with E-state index < -0.39 is 0 Å². The van der Waals surface area contributed by atoms with Crippen molar-refractivity contribution in [2.75, 3.05) is 7.11 Å². The highest BCUT2D eigenvalue weighted by Crippen LogP contribution is 2.57. The topological polar surface area (TPSA) is 66.8 Å². The van der Waals surface area contributed by atoms with Crippen molar-refractivity contribution in [3.63, 3.8) is 0 Å². The van der Waals surface area contributed by atoms with Gasteiger partial charge in [0, 0.05) is 11.1 Å². The summed E-state index contributed by atoms with van der Waals surface area (Å²) in [6, 6.07) is 9.64. The summed E-state index contributed by atoms with van der Waals surface area (Å²) in [5.74, 6) is -0.555. The summed E-state index contributed by atoms with van der Waals surface area (Å²) in [7, 11) is 1.41. The molecule has 124 valence electrons. The predicted molar refractivity (Wildman–Crippen MR) is 90.1 cm³/mol. The number of phenolic OH excluding ortho intramolecular Hbond substituents is 2. The molecule has 0 saturated heterocycles. The summed E-state index contributed by atoms with van der Waals surface area (Å²) < 4.78 is 5.10. The summed E-state index contributed by atoms with van der Waals surface area (Å²) >= 11 is 0. The number of carbonyl (C=O) groups is 1. The van der Waals surface area contributed by atoms with E-state index in [-0.39, 0.29) is 40.3 Å². The van der Waals surface area contributed by atoms with Gasteiger partial charge in [-0.25, -0.2) is 0 Å². The van der Waals surface area contributed by atoms with Crippen LogP contribution in [0.3, 0.4) is 0 Å². The molecule has 2 atom stereocenters. The Morgan fingerprint density at radius 3 is 2.58 bits per heavy atom. The summed E-state index contributed by atoms with van der Waals surface area (Å²) in [5, 5.41) is 20.5. The van der Waals surface area contributed by atoms with Gasteiger partial charge in [-0.15, -0.1) is 0 Å². The first-order valence-corrected chi connectivity index (χ1v) is 8.13. The molecule has 2 aliphatic carbocycles. The summed E-state index contributed by atoms with van der Waals surface area (Å²) in [6.07, 6.45) is 0.552. The SMILES string of the molecule is COc1cc2c(c(O)c1O)CC1C(C2=O)c2ccccc2C1(C)C. The molecular formula is C20H20O4. The second-order valence-corrected chi connectivity index (χ2v) is 7.26. The van der Waals surface area contributed by atoms with E-state index in [0.29, 0.717) is 17.5 Å². The van der Waals surface area contributed by atoms with Gasteiger partial charge in [0.1, 0.15) is 0 Å². The van der Waals surface area contributed by atoms with Gasteiger partial charge >= 0.3 is 0 Å². The van der Waals surface area contributed by atoms with Crippen LogP contribution in [-0.2, 0) is 11.8 Å². The minimum Gasteiger partial charge on any atom is -0.504 e. The molecule has 0 fully saturated rings. The minimum absolute atomic E-state index is 0.00660. The van der Waals surface area contributed by atoms with Gasteiger partial charge in [-0.1, -0.05) is 38.1 Å². The number of ketones is 1. The number of Topliss-reactive ketones (excluding diaryl/α,β-unsaturated/α-hetero) is 1. The Hall–Kier alpha value is -2.49. The Morgan fingerprint density at radius 1 is 1.17 bits per heavy atom. The van der Waals surface area contributed by atoms with Gasteiger partial charge in [-0.05, 0) is 34.9 Å². The molecular weight excluding hydrogens is 304 g/mol. The Kier molecular flexibility index (Phi) is 2.99. The molecule has 0 radical (unpaired) electrons. The Morgan fingerprint density at radius 2 is 1.88 bits per heavy atom. The van der Waals surface area contributed by atoms with Crippen molar-refractivity contribution in [1.29, 1.82) is 0 Å². The second-order valence-electron chi connectivity index (χ2n) is 7.26. The molecule has 2 aromatic rings. The molecule has 2 unspecified atom stereocenters. The first-order chi connectivity index (χ1) is 11.4. The number of aromatic hydroxyl groups is 2. The molecule has 4 nitrogen and oxygen atoms in total. The zero-order valence-corrected chi connectivity index (χ0v) is 14.0. The second kappa shape index (κ2) is 4.76. The van der Waals surface area contributed by atoms with Gasteiger partial charge in [-0.2, -0.15) is 0 Å². The molecule has 2 N–H and O–H groups in total. The van der Waals surface area contributed by atoms with Crippen LogP contribution in [-0.4, -0.2) is 23.1 Å². The monoisotopic (exact) mass is 324 g/mol. The fourth-order valence-corrected chi connectivity index (χ4v) is 4.53. The van der Waals surface area contributed by atoms with Crippen LogP contribution in [0, 0.1) is 5.92 Å². The molecule has 0 aromatic heterocycles. The number of carbonyl (C=O) groups excluding carboxylic acids is 1. The highest BCUT2D eigenvalue weighted by atomic mass is 16.5. The Labute approximate surface area is 140 Å². The molecule has 2 aromatic carbocycles. The molecule has 0 aliphatic heterocycles. The smallest absolute Gasteiger partial charge is 0.200 e. The van der Waals surface area contributed by atoms with Crippen LogP contribution in [0.4, 0.5) is 0 Å². The van der Waals surface area contributed by atoms with E-state index in [1.807, 2.05) is 18.2 Å². The predicted octanol–water partition coefficient (Wildman–Crippen LogP) is 3.54. The van der Waals surface area contributed by atoms with Crippen LogP contribution in [0.15, 0.2) is 30.3 Å². The van der Waals surface area contributed by atoms with E-state index in [1.54, 1.807) is 6.07 Å². The molecule has 0 bridgehead atoms. The quantitative estimate of drug-likeness (QED) is 0.788. The maximum atomic E-state index is 13.2. The third-order valence-electron chi connectivity index (χ3n) is 5.86. The summed E-state index contributed by atoms with van der Waals surface area (Å²) in [5.41, 5.74) is 3.08. The van der Waals surface area contributed by atoms with Crippen molar-refractivity contribution in [1.82, 2.24) is 0 Å². The maximum Gasteiger partial charge on any atom is 0.200 e. The summed E-state index contributed by atoms with van der Waals surface area (Å²) in [4.78, 5) is 13.2. The molecule has 4 heteroatoms. The van der Waals surface area contributed by atoms with E-state index in [0.717, 1.165) is 5.56 Å². The Bertz CT molecular complexity index is 866. The lowest BCUT2D eigenvalue weighted by Crippen LogP contribution is -2.35. The van der Waals surface area contributed by atoms with Crippen LogP contribution in [0.25, 0.3) is 0 Å². The highest BCUT2D eigenvalue weighted by molar-refractivity contribution is 6.05. The van der Waals surface area contributed by atoms with E-state index in [2.05, 4.69) is 19.9 Å². The number of phenols is 2. The first-order valence-electron chi connectivity index (χ1n) is 8.13. The average Bonchev–Trinajstić information content (AvgIpc) is 2.80. The fraction of sp³-hybridized carbons (Fsp3) is 0.350. The van der Waals surface area contributed by atoms with Gasteiger partial charge < -0.3 is 14.9 Å². The van der Waals surface area contributed by atoms with Gasteiger partial charge in [-0.3, -0.25) is 4.79 Å². The lowest BCUT2D eigenvalue weighted by molar-refractivity contribution is 0.0896. The number of fused-ring (bicyclic) bond motifs is 4. The standard InChI is InChI=1S/C20H20O4/c1-20(2)13-7-5-4-6-10(13)16-14(20)8-11-12(17(16)21)9-15(24-3)19(23)18(11)22/h4-7,9,14,16,22-23H,8H2,1-3H3. The number of hydrogen-bond donors (Lipinski definition) is 2. The molecule has 0 heterocycles. The van der Waals surface area contributed by atoms with Crippen molar-refractivity contribution in [3.05, 3.63) is 52.6 Å². The number of rotatable bonds is 1. The number of benzene rings is 2. The normalized spacial score (nSPS) is 23.4. The van der Waals surface area contributed by atoms with Crippen molar-refractivity contribution in [2.24, 2.45) is 5.92 Å². The number of methoxy groups -OCH3 is 1. The number of hydrogen-bond acceptors (Lipinski definition) is 4. The van der Waals surface area contributed by atoms with Crippen LogP contribution in [0.5, 0.6) is 17.2 Å². The minimum atomic E-state index is -0.296. The number of ether oxygens (including phenoxy) is 1. The molecule has 2 aliphatic rings. The van der Waals surface area contributed by atoms with Gasteiger partial charge in [0.15, 0.2) is 17.3 Å². The van der Waals surface area contributed by atoms with Gasteiger partial charge in [0.25, 0.3) is 0 Å². The fourth-order valence-electron chi connectivity index (χ4n) is 4.53. The molecule has 4 rings (SSSR count). The van der Waals surface area contributed by atoms with Crippen LogP contribution in [0.1, 0.15) is 46.8 Å². The van der Waals surface area contributed by atoms with Gasteiger partial charge in [0.05, 0.1) is 13.0 Å². The van der Waals surface area contributed by atoms with Crippen LogP contribution >= 0.6 is 0 Å². The zero-order chi connectivity index (χ0) is 17.2. The molecule has 0 amide bonds. The molecule has 0 spiro atoms. The van der Waals surface area contributed by atoms with E-state index in [1.165, 1.54) is 12.7 Å². The van der Waals surface area contributed by atoms with Gasteiger partial charge in [0.2, 0.25) is 5.75 Å². The van der Waals surface area contributed by atoms with Crippen molar-refractivity contribution < 1.29 is 19.7 Å². The lowest BCUT2D eigenvalue weighted by atomic mass is 9.67. The lowest BCUT2D eigenvalue weighted by Gasteiger charge is -2.35. The van der Waals surface area contributed by atoms with E-state index >= 15 is 0 Å². The molecule has 0 saturated carbocycles. The zero-order valence-electron chi connectivity index (χ0n) is 14.0. The average molecular weight is 324 g/mol. The van der Waals surface area contributed by atoms with Crippen molar-refractivity contribution in [2.45, 2.75) is 31.6 Å². The van der Waals surface area contributed by atoms with E-state index in [9.17, 15) is 15.0 Å². The third kappa shape index (κ3) is 1.71. The Balaban J connectivity index is 1.95. The van der Waals surface area contributed by atoms with Crippen LogP contribution in [0.2, 0.25) is 0 Å². The molecule has 24 heavy (non-hydrogen) atoms. The largest absolute Gasteiger partial charge is 0.504 e. The first kappa shape index (κ1) is 15.1. The highest BCUT2D eigenvalue weighted by Gasteiger charge is 2.52. The summed E-state index contributed by atoms with van der Waals surface area (Å²) in [6.45, 7) is 4.30. The van der Waals surface area contributed by atoms with Crippen LogP contribution < -0.4 is 4.74 Å². The van der Waals surface area contributed by atoms with E-state index in [4.69, 9.17) is 4.74 Å². The third-order valence-corrected chi connectivity index (χ3v) is 5.86.